The number of carboxylic acids is 1. The molecule has 0 radical (unpaired) electrons. The molecule has 0 aromatic carbocycles. The molecule has 6 nitrogen and oxygen atoms in total. The van der Waals surface area contributed by atoms with Crippen LogP contribution in [0.3, 0.4) is 0 Å². The molecule has 1 saturated heterocycles. The number of rotatable bonds is 5. The molecule has 1 fully saturated rings. The van der Waals surface area contributed by atoms with Crippen LogP contribution in [-0.2, 0) is 4.79 Å². The number of hydrogen-bond donors (Lipinski definition) is 3. The first-order valence-electron chi connectivity index (χ1n) is 6.02. The van der Waals surface area contributed by atoms with Crippen LogP contribution in [0.5, 0.6) is 0 Å². The average molecular weight is 243 g/mol. The van der Waals surface area contributed by atoms with Gasteiger partial charge in [0.25, 0.3) is 0 Å². The first kappa shape index (κ1) is 13.8. The molecule has 6 heteroatoms. The van der Waals surface area contributed by atoms with Gasteiger partial charge in [-0.1, -0.05) is 6.92 Å². The monoisotopic (exact) mass is 243 g/mol. The molecule has 0 bridgehead atoms. The molecule has 98 valence electrons. The molecule has 0 aromatic rings. The van der Waals surface area contributed by atoms with Crippen molar-refractivity contribution in [1.29, 1.82) is 0 Å². The fourth-order valence-corrected chi connectivity index (χ4v) is 1.91. The van der Waals surface area contributed by atoms with Crippen LogP contribution in [0.1, 0.15) is 20.3 Å². The molecule has 0 spiro atoms. The van der Waals surface area contributed by atoms with Crippen LogP contribution in [0.15, 0.2) is 0 Å². The van der Waals surface area contributed by atoms with Crippen molar-refractivity contribution < 1.29 is 14.7 Å². The number of aliphatic carboxylic acids is 1. The summed E-state index contributed by atoms with van der Waals surface area (Å²) in [4.78, 5) is 24.2. The molecule has 0 aliphatic carbocycles. The van der Waals surface area contributed by atoms with Crippen LogP contribution in [-0.4, -0.2) is 54.2 Å². The maximum atomic E-state index is 11.4. The van der Waals surface area contributed by atoms with Gasteiger partial charge < -0.3 is 20.6 Å². The molecule has 2 amide bonds. The number of nitrogens with one attached hydrogen (secondary N) is 2. The fourth-order valence-electron chi connectivity index (χ4n) is 1.91. The highest BCUT2D eigenvalue weighted by Crippen LogP contribution is 2.14. The Morgan fingerprint density at radius 3 is 2.76 bits per heavy atom. The highest BCUT2D eigenvalue weighted by atomic mass is 16.4. The molecule has 1 heterocycles. The number of carbonyl (C=O) groups excluding carboxylic acids is 1. The van der Waals surface area contributed by atoms with Crippen molar-refractivity contribution in [2.24, 2.45) is 5.92 Å². The van der Waals surface area contributed by atoms with Crippen molar-refractivity contribution in [2.75, 3.05) is 26.2 Å². The van der Waals surface area contributed by atoms with Crippen molar-refractivity contribution in [3.8, 4) is 0 Å². The number of urea groups is 1. The highest BCUT2D eigenvalue weighted by Gasteiger charge is 2.22. The van der Waals surface area contributed by atoms with Crippen LogP contribution in [0, 0.1) is 5.92 Å². The van der Waals surface area contributed by atoms with E-state index in [1.54, 1.807) is 0 Å². The van der Waals surface area contributed by atoms with Crippen LogP contribution in [0.2, 0.25) is 0 Å². The van der Waals surface area contributed by atoms with E-state index in [2.05, 4.69) is 22.5 Å². The van der Waals surface area contributed by atoms with Gasteiger partial charge >= 0.3 is 12.0 Å². The zero-order valence-corrected chi connectivity index (χ0v) is 10.4. The topological polar surface area (TPSA) is 81.7 Å². The maximum absolute atomic E-state index is 11.4. The number of carbonyl (C=O) groups is 2. The second-order valence-electron chi connectivity index (χ2n) is 4.46. The predicted octanol–water partition coefficient (Wildman–Crippen LogP) is 0.101. The predicted molar refractivity (Wildman–Crippen MR) is 63.9 cm³/mol. The summed E-state index contributed by atoms with van der Waals surface area (Å²) >= 11 is 0. The lowest BCUT2D eigenvalue weighted by Crippen LogP contribution is -2.45. The maximum Gasteiger partial charge on any atom is 0.325 e. The third-order valence-corrected chi connectivity index (χ3v) is 3.09. The number of carboxylic acid groups (broad SMARTS) is 1. The Morgan fingerprint density at radius 2 is 2.24 bits per heavy atom. The van der Waals surface area contributed by atoms with Gasteiger partial charge in [0.2, 0.25) is 0 Å². The average Bonchev–Trinajstić information content (AvgIpc) is 2.74. The summed E-state index contributed by atoms with van der Waals surface area (Å²) in [5, 5.41) is 13.7. The normalized spacial score (nSPS) is 22.1. The third-order valence-electron chi connectivity index (χ3n) is 3.09. The van der Waals surface area contributed by atoms with Crippen molar-refractivity contribution in [3.05, 3.63) is 0 Å². The van der Waals surface area contributed by atoms with Gasteiger partial charge in [0, 0.05) is 13.1 Å². The zero-order chi connectivity index (χ0) is 12.8. The summed E-state index contributed by atoms with van der Waals surface area (Å²) in [6.45, 7) is 7.29. The fraction of sp³-hybridized carbons (Fsp3) is 0.818. The summed E-state index contributed by atoms with van der Waals surface area (Å²) < 4.78 is 0. The van der Waals surface area contributed by atoms with Crippen molar-refractivity contribution >= 4 is 12.0 Å². The van der Waals surface area contributed by atoms with Gasteiger partial charge in [0.1, 0.15) is 6.04 Å². The molecule has 0 aromatic heterocycles. The minimum atomic E-state index is -1.03. The van der Waals surface area contributed by atoms with Crippen molar-refractivity contribution in [1.82, 2.24) is 15.5 Å². The van der Waals surface area contributed by atoms with Crippen molar-refractivity contribution in [2.45, 2.75) is 26.3 Å². The Balaban J connectivity index is 2.18. The lowest BCUT2D eigenvalue weighted by Gasteiger charge is -2.15. The largest absolute Gasteiger partial charge is 0.480 e. The van der Waals surface area contributed by atoms with Crippen LogP contribution in [0.25, 0.3) is 0 Å². The van der Waals surface area contributed by atoms with Gasteiger partial charge in [-0.2, -0.15) is 0 Å². The summed E-state index contributed by atoms with van der Waals surface area (Å²) in [6, 6.07) is -1.26. The minimum absolute atomic E-state index is 0.408. The van der Waals surface area contributed by atoms with E-state index >= 15 is 0 Å². The van der Waals surface area contributed by atoms with Crippen LogP contribution in [0.4, 0.5) is 4.79 Å². The van der Waals surface area contributed by atoms with Crippen LogP contribution < -0.4 is 10.6 Å². The summed E-state index contributed by atoms with van der Waals surface area (Å²) in [7, 11) is 0. The van der Waals surface area contributed by atoms with Crippen LogP contribution >= 0.6 is 0 Å². The van der Waals surface area contributed by atoms with E-state index in [9.17, 15) is 9.59 Å². The summed E-state index contributed by atoms with van der Waals surface area (Å²) in [6.07, 6.45) is 1.09. The standard InChI is InChI=1S/C11H21N3O3/c1-3-14-5-4-9(7-14)6-12-11(17)13-8(2)10(15)16/h8-9H,3-7H2,1-2H3,(H,15,16)(H2,12,13,17)/t8-,9?/m1/s1. The van der Waals surface area contributed by atoms with Gasteiger partial charge in [-0.15, -0.1) is 0 Å². The number of hydrogen-bond acceptors (Lipinski definition) is 3. The van der Waals surface area contributed by atoms with Gasteiger partial charge in [-0.25, -0.2) is 4.79 Å². The Morgan fingerprint density at radius 1 is 1.53 bits per heavy atom. The zero-order valence-electron chi connectivity index (χ0n) is 10.4. The number of nitrogens with zero attached hydrogens (tertiary/aromatic N) is 1. The van der Waals surface area contributed by atoms with E-state index in [-0.39, 0.29) is 0 Å². The molecule has 1 rings (SSSR count). The van der Waals surface area contributed by atoms with Gasteiger partial charge in [-0.3, -0.25) is 4.79 Å². The summed E-state index contributed by atoms with van der Waals surface area (Å²) in [5.41, 5.74) is 0. The third kappa shape index (κ3) is 4.60. The lowest BCUT2D eigenvalue weighted by molar-refractivity contribution is -0.138. The van der Waals surface area contributed by atoms with Crippen molar-refractivity contribution in [3.63, 3.8) is 0 Å². The van der Waals surface area contributed by atoms with Gasteiger partial charge in [0.15, 0.2) is 0 Å². The number of amides is 2. The second kappa shape index (κ2) is 6.44. The lowest BCUT2D eigenvalue weighted by atomic mass is 10.1. The smallest absolute Gasteiger partial charge is 0.325 e. The second-order valence-corrected chi connectivity index (χ2v) is 4.46. The first-order valence-corrected chi connectivity index (χ1v) is 6.02. The van der Waals surface area contributed by atoms with E-state index in [0.717, 1.165) is 26.1 Å². The molecule has 0 saturated carbocycles. The molecular formula is C11H21N3O3. The molecular weight excluding hydrogens is 222 g/mol. The molecule has 1 aliphatic rings. The van der Waals surface area contributed by atoms with E-state index < -0.39 is 18.0 Å². The molecule has 1 aliphatic heterocycles. The Labute approximate surface area is 101 Å². The minimum Gasteiger partial charge on any atom is -0.480 e. The number of likely N-dealkylation sites (tertiary alicyclic amines) is 1. The molecule has 3 N–H and O–H groups in total. The molecule has 2 atom stereocenters. The van der Waals surface area contributed by atoms with E-state index in [0.29, 0.717) is 12.5 Å². The van der Waals surface area contributed by atoms with E-state index in [1.807, 2.05) is 0 Å². The van der Waals surface area contributed by atoms with Gasteiger partial charge in [-0.05, 0) is 32.4 Å². The van der Waals surface area contributed by atoms with E-state index in [1.165, 1.54) is 6.92 Å². The highest BCUT2D eigenvalue weighted by molar-refractivity contribution is 5.82. The Hall–Kier alpha value is -1.30. The van der Waals surface area contributed by atoms with Gasteiger partial charge in [0.05, 0.1) is 0 Å². The Kier molecular flexibility index (Phi) is 5.21. The molecule has 1 unspecified atom stereocenters. The summed E-state index contributed by atoms with van der Waals surface area (Å²) in [5.74, 6) is -0.556. The SMILES string of the molecule is CCN1CCC(CNC(=O)N[C@H](C)C(=O)O)C1. The quantitative estimate of drug-likeness (QED) is 0.639. The van der Waals surface area contributed by atoms with E-state index in [4.69, 9.17) is 5.11 Å². The Bertz CT molecular complexity index is 283. The molecule has 17 heavy (non-hydrogen) atoms. The first-order chi connectivity index (χ1) is 8.02.